The summed E-state index contributed by atoms with van der Waals surface area (Å²) >= 11 is 0. The van der Waals surface area contributed by atoms with Crippen molar-refractivity contribution >= 4 is 28.8 Å². The largest absolute Gasteiger partial charge is 0.490 e. The maximum Gasteiger partial charge on any atom is 0.262 e. The van der Waals surface area contributed by atoms with E-state index in [9.17, 15) is 14.0 Å². The van der Waals surface area contributed by atoms with Crippen molar-refractivity contribution in [3.8, 4) is 11.5 Å². The van der Waals surface area contributed by atoms with Crippen molar-refractivity contribution in [3.05, 3.63) is 107 Å². The number of benzene rings is 4. The zero-order chi connectivity index (χ0) is 28.5. The molecule has 2 amide bonds. The Labute approximate surface area is 233 Å². The quantitative estimate of drug-likeness (QED) is 0.184. The van der Waals surface area contributed by atoms with Crippen LogP contribution < -0.4 is 20.2 Å². The van der Waals surface area contributed by atoms with Gasteiger partial charge in [-0.25, -0.2) is 9.82 Å². The van der Waals surface area contributed by atoms with Crippen molar-refractivity contribution in [1.82, 2.24) is 10.7 Å². The van der Waals surface area contributed by atoms with E-state index in [1.165, 1.54) is 30.5 Å². The lowest BCUT2D eigenvalue weighted by Gasteiger charge is -2.20. The van der Waals surface area contributed by atoms with Gasteiger partial charge < -0.3 is 14.8 Å². The molecule has 0 aliphatic rings. The van der Waals surface area contributed by atoms with E-state index >= 15 is 0 Å². The average Bonchev–Trinajstić information content (AvgIpc) is 2.95. The molecule has 8 heteroatoms. The van der Waals surface area contributed by atoms with Gasteiger partial charge in [-0.3, -0.25) is 9.59 Å². The van der Waals surface area contributed by atoms with Crippen LogP contribution in [0.2, 0.25) is 0 Å². The predicted molar refractivity (Wildman–Crippen MR) is 154 cm³/mol. The van der Waals surface area contributed by atoms with Crippen LogP contribution in [0.15, 0.2) is 90.0 Å². The second kappa shape index (κ2) is 13.4. The van der Waals surface area contributed by atoms with Crippen molar-refractivity contribution < 1.29 is 23.5 Å². The highest BCUT2D eigenvalue weighted by Crippen LogP contribution is 2.30. The summed E-state index contributed by atoms with van der Waals surface area (Å²) in [6.07, 6.45) is 1.49. The Morgan fingerprint density at radius 3 is 2.42 bits per heavy atom. The van der Waals surface area contributed by atoms with Crippen molar-refractivity contribution in [1.29, 1.82) is 0 Å². The molecule has 1 unspecified atom stereocenters. The van der Waals surface area contributed by atoms with E-state index in [1.54, 1.807) is 12.1 Å². The van der Waals surface area contributed by atoms with Crippen molar-refractivity contribution in [2.24, 2.45) is 11.0 Å². The molecular weight excluding hydrogens is 509 g/mol. The fourth-order valence-corrected chi connectivity index (χ4v) is 4.17. The number of nitrogens with zero attached hydrogens (tertiary/aromatic N) is 1. The van der Waals surface area contributed by atoms with Crippen LogP contribution in [-0.2, 0) is 11.4 Å². The van der Waals surface area contributed by atoms with E-state index in [4.69, 9.17) is 9.47 Å². The molecule has 0 radical (unpaired) electrons. The predicted octanol–water partition coefficient (Wildman–Crippen LogP) is 5.86. The normalized spacial score (nSPS) is 11.9. The first-order valence-corrected chi connectivity index (χ1v) is 13.1. The fourth-order valence-electron chi connectivity index (χ4n) is 4.17. The molecule has 0 saturated heterocycles. The Hall–Kier alpha value is -4.72. The van der Waals surface area contributed by atoms with E-state index < -0.39 is 23.7 Å². The molecule has 4 aromatic carbocycles. The Morgan fingerprint density at radius 1 is 0.925 bits per heavy atom. The maximum atomic E-state index is 13.2. The summed E-state index contributed by atoms with van der Waals surface area (Å²) < 4.78 is 25.1. The zero-order valence-corrected chi connectivity index (χ0v) is 22.7. The Balaban J connectivity index is 1.40. The molecule has 7 nitrogen and oxygen atoms in total. The van der Waals surface area contributed by atoms with Crippen LogP contribution in [0.1, 0.15) is 42.3 Å². The van der Waals surface area contributed by atoms with Gasteiger partial charge in [-0.1, -0.05) is 56.3 Å². The van der Waals surface area contributed by atoms with E-state index in [1.807, 2.05) is 51.1 Å². The van der Waals surface area contributed by atoms with Gasteiger partial charge in [-0.2, -0.15) is 5.10 Å². The first-order valence-electron chi connectivity index (χ1n) is 13.1. The molecular formula is C32H32FN3O4. The van der Waals surface area contributed by atoms with Crippen LogP contribution in [0.3, 0.4) is 0 Å². The standard InChI is InChI=1S/C32H32FN3O4/c1-4-39-29-18-22(12-17-28(29)40-20-25-10-7-9-23-8-5-6-11-27(23)25)19-34-36-32(38)30(21(2)3)35-31(37)24-13-15-26(33)16-14-24/h5-19,21,30H,4,20H2,1-3H3,(H,35,37)(H,36,38)/b34-19+. The number of amides is 2. The maximum absolute atomic E-state index is 13.2. The molecule has 4 aromatic rings. The van der Waals surface area contributed by atoms with Crippen molar-refractivity contribution in [2.45, 2.75) is 33.4 Å². The van der Waals surface area contributed by atoms with Crippen LogP contribution in [0.25, 0.3) is 10.8 Å². The highest BCUT2D eigenvalue weighted by atomic mass is 19.1. The SMILES string of the molecule is CCOc1cc(/C=N/NC(=O)C(NC(=O)c2ccc(F)cc2)C(C)C)ccc1OCc1cccc2ccccc12. The summed E-state index contributed by atoms with van der Waals surface area (Å²) in [6.45, 7) is 6.34. The van der Waals surface area contributed by atoms with Gasteiger partial charge >= 0.3 is 0 Å². The third kappa shape index (κ3) is 7.22. The summed E-state index contributed by atoms with van der Waals surface area (Å²) in [7, 11) is 0. The molecule has 0 fully saturated rings. The molecule has 0 aliphatic heterocycles. The fraction of sp³-hybridized carbons (Fsp3) is 0.219. The van der Waals surface area contributed by atoms with Crippen molar-refractivity contribution in [2.75, 3.05) is 6.61 Å². The third-order valence-electron chi connectivity index (χ3n) is 6.26. The number of hydrazone groups is 1. The molecule has 0 saturated carbocycles. The minimum atomic E-state index is -0.835. The van der Waals surface area contributed by atoms with E-state index in [0.717, 1.165) is 16.3 Å². The number of hydrogen-bond acceptors (Lipinski definition) is 5. The highest BCUT2D eigenvalue weighted by Gasteiger charge is 2.24. The second-order valence-corrected chi connectivity index (χ2v) is 9.50. The van der Waals surface area contributed by atoms with Gasteiger partial charge in [0.1, 0.15) is 18.5 Å². The third-order valence-corrected chi connectivity index (χ3v) is 6.26. The molecule has 2 N–H and O–H groups in total. The van der Waals surface area contributed by atoms with Crippen LogP contribution in [0.4, 0.5) is 4.39 Å². The van der Waals surface area contributed by atoms with Crippen LogP contribution in [0.5, 0.6) is 11.5 Å². The average molecular weight is 542 g/mol. The van der Waals surface area contributed by atoms with Crippen LogP contribution in [-0.4, -0.2) is 30.7 Å². The number of fused-ring (bicyclic) bond motifs is 1. The van der Waals surface area contributed by atoms with Gasteiger partial charge in [0.15, 0.2) is 11.5 Å². The number of carbonyl (C=O) groups is 2. The summed E-state index contributed by atoms with van der Waals surface area (Å²) in [5.74, 6) is -0.438. The van der Waals surface area contributed by atoms with E-state index in [-0.39, 0.29) is 11.5 Å². The van der Waals surface area contributed by atoms with Gasteiger partial charge in [0.25, 0.3) is 11.8 Å². The summed E-state index contributed by atoms with van der Waals surface area (Å²) in [5, 5.41) is 9.05. The molecule has 0 aromatic heterocycles. The topological polar surface area (TPSA) is 89.0 Å². The lowest BCUT2D eigenvalue weighted by atomic mass is 10.0. The minimum Gasteiger partial charge on any atom is -0.490 e. The van der Waals surface area contributed by atoms with Gasteiger partial charge in [-0.05, 0) is 77.2 Å². The second-order valence-electron chi connectivity index (χ2n) is 9.50. The van der Waals surface area contributed by atoms with Crippen molar-refractivity contribution in [3.63, 3.8) is 0 Å². The molecule has 40 heavy (non-hydrogen) atoms. The number of hydrogen-bond donors (Lipinski definition) is 2. The first-order chi connectivity index (χ1) is 19.4. The van der Waals surface area contributed by atoms with Gasteiger partial charge in [0.05, 0.1) is 12.8 Å². The summed E-state index contributed by atoms with van der Waals surface area (Å²) in [5.41, 5.74) is 4.51. The Bertz CT molecular complexity index is 1500. The van der Waals surface area contributed by atoms with Gasteiger partial charge in [0, 0.05) is 5.56 Å². The molecule has 4 rings (SSSR count). The smallest absolute Gasteiger partial charge is 0.262 e. The molecule has 0 heterocycles. The molecule has 0 bridgehead atoms. The van der Waals surface area contributed by atoms with E-state index in [2.05, 4.69) is 34.0 Å². The Kier molecular flexibility index (Phi) is 9.46. The molecule has 0 aliphatic carbocycles. The zero-order valence-electron chi connectivity index (χ0n) is 22.7. The minimum absolute atomic E-state index is 0.206. The molecule has 206 valence electrons. The van der Waals surface area contributed by atoms with E-state index in [0.29, 0.717) is 30.3 Å². The first kappa shape index (κ1) is 28.3. The summed E-state index contributed by atoms with van der Waals surface area (Å²) in [6, 6.07) is 24.0. The highest BCUT2D eigenvalue weighted by molar-refractivity contribution is 5.97. The number of halogens is 1. The van der Waals surface area contributed by atoms with Crippen LogP contribution >= 0.6 is 0 Å². The lowest BCUT2D eigenvalue weighted by molar-refractivity contribution is -0.123. The Morgan fingerprint density at radius 2 is 1.68 bits per heavy atom. The van der Waals surface area contributed by atoms with Gasteiger partial charge in [0.2, 0.25) is 0 Å². The molecule has 0 spiro atoms. The van der Waals surface area contributed by atoms with Crippen LogP contribution in [0, 0.1) is 11.7 Å². The number of nitrogens with one attached hydrogen (secondary N) is 2. The number of rotatable bonds is 11. The summed E-state index contributed by atoms with van der Waals surface area (Å²) in [4.78, 5) is 25.3. The lowest BCUT2D eigenvalue weighted by Crippen LogP contribution is -2.48. The monoisotopic (exact) mass is 541 g/mol. The number of ether oxygens (including phenoxy) is 2. The number of carbonyl (C=O) groups excluding carboxylic acids is 2. The molecule has 1 atom stereocenters. The van der Waals surface area contributed by atoms with Gasteiger partial charge in [-0.15, -0.1) is 0 Å².